The van der Waals surface area contributed by atoms with Crippen molar-refractivity contribution < 1.29 is 19.4 Å². The SMILES string of the molecule is COc1ccc(/C=C/C(=O)O[C@@H]2C=C(C)CC[C@]3(O)[C@@H](C(C)C)CC[C@]23C)cc1. The zero-order chi connectivity index (χ0) is 21.2. The molecule has 3 rings (SSSR count). The van der Waals surface area contributed by atoms with Crippen LogP contribution in [0, 0.1) is 17.3 Å². The van der Waals surface area contributed by atoms with Crippen molar-refractivity contribution in [2.45, 2.75) is 65.1 Å². The van der Waals surface area contributed by atoms with E-state index in [0.29, 0.717) is 5.92 Å². The molecule has 1 N–H and O–H groups in total. The Morgan fingerprint density at radius 2 is 1.93 bits per heavy atom. The first-order valence-corrected chi connectivity index (χ1v) is 10.6. The second kappa shape index (κ2) is 8.35. The van der Waals surface area contributed by atoms with Gasteiger partial charge in [-0.25, -0.2) is 4.79 Å². The summed E-state index contributed by atoms with van der Waals surface area (Å²) in [4.78, 5) is 12.6. The van der Waals surface area contributed by atoms with Gasteiger partial charge in [0.05, 0.1) is 12.7 Å². The topological polar surface area (TPSA) is 55.8 Å². The molecular formula is C25H34O4. The number of carbonyl (C=O) groups excluding carboxylic acids is 1. The van der Waals surface area contributed by atoms with Crippen LogP contribution in [-0.4, -0.2) is 29.9 Å². The third kappa shape index (κ3) is 4.13. The summed E-state index contributed by atoms with van der Waals surface area (Å²) in [5.74, 6) is 1.01. The summed E-state index contributed by atoms with van der Waals surface area (Å²) in [6.07, 6.45) is 8.23. The van der Waals surface area contributed by atoms with Crippen LogP contribution in [0.4, 0.5) is 0 Å². The predicted octanol–water partition coefficient (Wildman–Crippen LogP) is 5.16. The summed E-state index contributed by atoms with van der Waals surface area (Å²) in [6.45, 7) is 8.51. The van der Waals surface area contributed by atoms with Gasteiger partial charge in [-0.3, -0.25) is 0 Å². The van der Waals surface area contributed by atoms with Crippen LogP contribution < -0.4 is 4.74 Å². The van der Waals surface area contributed by atoms with Gasteiger partial charge >= 0.3 is 5.97 Å². The van der Waals surface area contributed by atoms with E-state index in [1.807, 2.05) is 24.3 Å². The van der Waals surface area contributed by atoms with E-state index >= 15 is 0 Å². The monoisotopic (exact) mass is 398 g/mol. The van der Waals surface area contributed by atoms with Gasteiger partial charge in [0.25, 0.3) is 0 Å². The highest BCUT2D eigenvalue weighted by Crippen LogP contribution is 2.58. The van der Waals surface area contributed by atoms with Crippen molar-refractivity contribution in [2.24, 2.45) is 17.3 Å². The number of rotatable bonds is 5. The third-order valence-electron chi connectivity index (χ3n) is 7.12. The molecule has 2 aliphatic carbocycles. The molecule has 4 atom stereocenters. The van der Waals surface area contributed by atoms with E-state index in [4.69, 9.17) is 9.47 Å². The summed E-state index contributed by atoms with van der Waals surface area (Å²) in [5.41, 5.74) is 0.788. The lowest BCUT2D eigenvalue weighted by atomic mass is 9.66. The quantitative estimate of drug-likeness (QED) is 0.423. The highest BCUT2D eigenvalue weighted by atomic mass is 16.5. The van der Waals surface area contributed by atoms with Gasteiger partial charge in [0.1, 0.15) is 11.9 Å². The Bertz CT molecular complexity index is 792. The normalized spacial score (nSPS) is 32.0. The standard InChI is InChI=1S/C25H34O4/c1-17(2)21-13-14-24(4)22(16-18(3)12-15-25(21,24)27)29-23(26)11-8-19-6-9-20(28-5)10-7-19/h6-11,16-17,21-22,27H,12-15H2,1-5H3/b11-8+/t21-,22-,24-,25+/m1/s1. The van der Waals surface area contributed by atoms with E-state index in [2.05, 4.69) is 33.8 Å². The average molecular weight is 399 g/mol. The second-order valence-corrected chi connectivity index (χ2v) is 9.21. The van der Waals surface area contributed by atoms with Gasteiger partial charge < -0.3 is 14.6 Å². The fraction of sp³-hybridized carbons (Fsp3) is 0.560. The average Bonchev–Trinajstić information content (AvgIpc) is 2.92. The minimum absolute atomic E-state index is 0.225. The zero-order valence-corrected chi connectivity index (χ0v) is 18.3. The van der Waals surface area contributed by atoms with Crippen molar-refractivity contribution in [2.75, 3.05) is 7.11 Å². The molecule has 0 saturated heterocycles. The Morgan fingerprint density at radius 1 is 1.24 bits per heavy atom. The molecule has 1 fully saturated rings. The third-order valence-corrected chi connectivity index (χ3v) is 7.12. The van der Waals surface area contributed by atoms with Crippen molar-refractivity contribution >= 4 is 12.0 Å². The molecule has 0 aromatic heterocycles. The van der Waals surface area contributed by atoms with Crippen LogP contribution in [0.2, 0.25) is 0 Å². The molecule has 0 spiro atoms. The lowest BCUT2D eigenvalue weighted by Gasteiger charge is -2.46. The number of benzene rings is 1. The fourth-order valence-corrected chi connectivity index (χ4v) is 5.20. The molecule has 0 radical (unpaired) electrons. The van der Waals surface area contributed by atoms with E-state index in [9.17, 15) is 9.90 Å². The molecule has 0 aliphatic heterocycles. The van der Waals surface area contributed by atoms with Crippen LogP contribution in [-0.2, 0) is 9.53 Å². The lowest BCUT2D eigenvalue weighted by Crippen LogP contribution is -2.53. The van der Waals surface area contributed by atoms with Crippen molar-refractivity contribution in [1.29, 1.82) is 0 Å². The van der Waals surface area contributed by atoms with Gasteiger partial charge in [-0.05, 0) is 74.3 Å². The molecule has 0 amide bonds. The van der Waals surface area contributed by atoms with Crippen LogP contribution in [0.5, 0.6) is 5.75 Å². The Kier molecular flexibility index (Phi) is 6.23. The Balaban J connectivity index is 1.79. The van der Waals surface area contributed by atoms with Gasteiger partial charge in [0.2, 0.25) is 0 Å². The molecule has 1 aromatic carbocycles. The molecule has 0 heterocycles. The van der Waals surface area contributed by atoms with Crippen molar-refractivity contribution in [1.82, 2.24) is 0 Å². The smallest absolute Gasteiger partial charge is 0.331 e. The molecule has 1 aromatic rings. The molecule has 4 nitrogen and oxygen atoms in total. The number of carbonyl (C=O) groups is 1. The van der Waals surface area contributed by atoms with Crippen LogP contribution in [0.1, 0.15) is 58.9 Å². The maximum absolute atomic E-state index is 12.6. The number of methoxy groups -OCH3 is 1. The Labute approximate surface area is 174 Å². The minimum Gasteiger partial charge on any atom is -0.497 e. The summed E-state index contributed by atoms with van der Waals surface area (Å²) in [7, 11) is 1.62. The molecule has 1 saturated carbocycles. The van der Waals surface area contributed by atoms with Gasteiger partial charge in [0, 0.05) is 11.5 Å². The molecule has 29 heavy (non-hydrogen) atoms. The summed E-state index contributed by atoms with van der Waals surface area (Å²) in [5, 5.41) is 11.8. The number of esters is 1. The summed E-state index contributed by atoms with van der Waals surface area (Å²) >= 11 is 0. The van der Waals surface area contributed by atoms with Crippen molar-refractivity contribution in [3.8, 4) is 5.75 Å². The van der Waals surface area contributed by atoms with Crippen LogP contribution in [0.25, 0.3) is 6.08 Å². The summed E-state index contributed by atoms with van der Waals surface area (Å²) in [6, 6.07) is 7.49. The van der Waals surface area contributed by atoms with Crippen LogP contribution in [0.15, 0.2) is 42.0 Å². The second-order valence-electron chi connectivity index (χ2n) is 9.21. The highest BCUT2D eigenvalue weighted by Gasteiger charge is 2.61. The van der Waals surface area contributed by atoms with Crippen molar-refractivity contribution in [3.05, 3.63) is 47.6 Å². The number of aliphatic hydroxyl groups is 1. The maximum Gasteiger partial charge on any atom is 0.331 e. The van der Waals surface area contributed by atoms with Crippen LogP contribution >= 0.6 is 0 Å². The van der Waals surface area contributed by atoms with Gasteiger partial charge in [-0.1, -0.05) is 38.5 Å². The Morgan fingerprint density at radius 3 is 2.55 bits per heavy atom. The zero-order valence-electron chi connectivity index (χ0n) is 18.3. The number of hydrogen-bond donors (Lipinski definition) is 1. The van der Waals surface area contributed by atoms with E-state index in [1.165, 1.54) is 11.6 Å². The van der Waals surface area contributed by atoms with E-state index in [1.54, 1.807) is 13.2 Å². The van der Waals surface area contributed by atoms with Crippen molar-refractivity contribution in [3.63, 3.8) is 0 Å². The Hall–Kier alpha value is -2.07. The van der Waals surface area contributed by atoms with Gasteiger partial charge in [-0.15, -0.1) is 0 Å². The lowest BCUT2D eigenvalue weighted by molar-refractivity contribution is -0.165. The predicted molar refractivity (Wildman–Crippen MR) is 116 cm³/mol. The molecule has 158 valence electrons. The first kappa shape index (κ1) is 21.6. The van der Waals surface area contributed by atoms with E-state index in [0.717, 1.165) is 37.0 Å². The number of fused-ring (bicyclic) bond motifs is 1. The first-order chi connectivity index (χ1) is 13.7. The van der Waals surface area contributed by atoms with Gasteiger partial charge in [-0.2, -0.15) is 0 Å². The summed E-state index contributed by atoms with van der Waals surface area (Å²) < 4.78 is 11.1. The number of allylic oxidation sites excluding steroid dienone is 1. The number of hydrogen-bond acceptors (Lipinski definition) is 4. The molecule has 0 bridgehead atoms. The molecule has 0 unspecified atom stereocenters. The fourth-order valence-electron chi connectivity index (χ4n) is 5.20. The number of ether oxygens (including phenoxy) is 2. The molecule has 2 aliphatic rings. The van der Waals surface area contributed by atoms with Crippen LogP contribution in [0.3, 0.4) is 0 Å². The molecular weight excluding hydrogens is 364 g/mol. The minimum atomic E-state index is -0.819. The van der Waals surface area contributed by atoms with E-state index < -0.39 is 17.1 Å². The van der Waals surface area contributed by atoms with Gasteiger partial charge in [0.15, 0.2) is 0 Å². The highest BCUT2D eigenvalue weighted by molar-refractivity contribution is 5.87. The largest absolute Gasteiger partial charge is 0.497 e. The first-order valence-electron chi connectivity index (χ1n) is 10.6. The maximum atomic E-state index is 12.6. The van der Waals surface area contributed by atoms with E-state index in [-0.39, 0.29) is 11.9 Å². The molecule has 4 heteroatoms.